The van der Waals surface area contributed by atoms with Crippen molar-refractivity contribution in [2.45, 2.75) is 32.2 Å². The van der Waals surface area contributed by atoms with Gasteiger partial charge < -0.3 is 4.74 Å². The van der Waals surface area contributed by atoms with Gasteiger partial charge in [0, 0.05) is 18.7 Å². The summed E-state index contributed by atoms with van der Waals surface area (Å²) >= 11 is 0. The second-order valence-electron chi connectivity index (χ2n) is 6.65. The maximum Gasteiger partial charge on any atom is 0.310 e. The number of non-ortho nitro benzene ring substituents is 1. The van der Waals surface area contributed by atoms with E-state index < -0.39 is 11.0 Å². The van der Waals surface area contributed by atoms with E-state index in [1.165, 1.54) is 24.3 Å². The topological polar surface area (TPSA) is 110 Å². The van der Waals surface area contributed by atoms with E-state index in [0.717, 1.165) is 11.3 Å². The van der Waals surface area contributed by atoms with Crippen LogP contribution in [0.3, 0.4) is 0 Å². The minimum Gasteiger partial charge on any atom is -0.466 e. The minimum absolute atomic E-state index is 0.0331. The average Bonchev–Trinajstić information content (AvgIpc) is 2.96. The molecule has 144 valence electrons. The van der Waals surface area contributed by atoms with Crippen LogP contribution in [0.5, 0.6) is 0 Å². The van der Waals surface area contributed by atoms with Crippen LogP contribution in [0.2, 0.25) is 0 Å². The Kier molecular flexibility index (Phi) is 5.50. The highest BCUT2D eigenvalue weighted by Gasteiger charge is 2.44. The van der Waals surface area contributed by atoms with Crippen LogP contribution in [-0.4, -0.2) is 53.3 Å². The molecule has 2 fully saturated rings. The molecule has 2 atom stereocenters. The normalized spacial score (nSPS) is 23.5. The quantitative estimate of drug-likeness (QED) is 0.332. The third kappa shape index (κ3) is 3.82. The van der Waals surface area contributed by atoms with Crippen molar-refractivity contribution in [3.8, 4) is 0 Å². The van der Waals surface area contributed by atoms with Gasteiger partial charge in [0.05, 0.1) is 35.6 Å². The first-order valence-corrected chi connectivity index (χ1v) is 8.94. The molecule has 2 aliphatic rings. The zero-order chi connectivity index (χ0) is 19.6. The Labute approximate surface area is 156 Å². The summed E-state index contributed by atoms with van der Waals surface area (Å²) in [5.41, 5.74) is 0.208. The fraction of sp³-hybridized carbons (Fsp3) is 0.500. The number of esters is 1. The summed E-state index contributed by atoms with van der Waals surface area (Å²) in [5.74, 6) is -1.28. The molecule has 27 heavy (non-hydrogen) atoms. The largest absolute Gasteiger partial charge is 0.466 e. The standard InChI is InChI=1S/C18H21N3O6/c1-2-27-18(24)12-4-3-9-19(11-12)15-10-16(22)20(17(15)23)13-5-7-14(8-6-13)21(25)26/h5-8,12,15H,2-4,9-11H2,1H3. The smallest absolute Gasteiger partial charge is 0.310 e. The molecule has 0 N–H and O–H groups in total. The van der Waals surface area contributed by atoms with Gasteiger partial charge in [-0.05, 0) is 38.4 Å². The zero-order valence-corrected chi connectivity index (χ0v) is 15.0. The maximum atomic E-state index is 12.9. The fourth-order valence-electron chi connectivity index (χ4n) is 3.64. The van der Waals surface area contributed by atoms with Crippen molar-refractivity contribution in [1.82, 2.24) is 4.90 Å². The molecular formula is C18H21N3O6. The molecule has 2 unspecified atom stereocenters. The summed E-state index contributed by atoms with van der Waals surface area (Å²) in [6, 6.07) is 4.70. The van der Waals surface area contributed by atoms with Crippen molar-refractivity contribution in [3.63, 3.8) is 0 Å². The minimum atomic E-state index is -0.620. The Balaban J connectivity index is 1.73. The molecule has 9 nitrogen and oxygen atoms in total. The van der Waals surface area contributed by atoms with Crippen LogP contribution >= 0.6 is 0 Å². The Bertz CT molecular complexity index is 763. The van der Waals surface area contributed by atoms with E-state index in [1.807, 2.05) is 4.90 Å². The van der Waals surface area contributed by atoms with Gasteiger partial charge >= 0.3 is 5.97 Å². The molecule has 0 radical (unpaired) electrons. The zero-order valence-electron chi connectivity index (χ0n) is 15.0. The van der Waals surface area contributed by atoms with Gasteiger partial charge in [0.25, 0.3) is 11.6 Å². The summed E-state index contributed by atoms with van der Waals surface area (Å²) in [6.45, 7) is 3.08. The molecular weight excluding hydrogens is 354 g/mol. The molecule has 0 spiro atoms. The summed E-state index contributed by atoms with van der Waals surface area (Å²) in [6.07, 6.45) is 1.49. The number of carbonyl (C=O) groups is 3. The summed E-state index contributed by atoms with van der Waals surface area (Å²) in [5, 5.41) is 10.8. The lowest BCUT2D eigenvalue weighted by atomic mass is 9.96. The molecule has 0 aliphatic carbocycles. The molecule has 2 heterocycles. The van der Waals surface area contributed by atoms with Crippen molar-refractivity contribution >= 4 is 29.2 Å². The number of amides is 2. The molecule has 1 aromatic carbocycles. The maximum absolute atomic E-state index is 12.9. The van der Waals surface area contributed by atoms with Gasteiger partial charge in [0.1, 0.15) is 0 Å². The third-order valence-corrected chi connectivity index (χ3v) is 4.96. The number of nitro benzene ring substituents is 1. The number of nitrogens with zero attached hydrogens (tertiary/aromatic N) is 3. The van der Waals surface area contributed by atoms with E-state index in [-0.39, 0.29) is 35.8 Å². The van der Waals surface area contributed by atoms with E-state index >= 15 is 0 Å². The first-order valence-electron chi connectivity index (χ1n) is 8.94. The number of hydrogen-bond acceptors (Lipinski definition) is 7. The van der Waals surface area contributed by atoms with Crippen LogP contribution in [0.1, 0.15) is 26.2 Å². The third-order valence-electron chi connectivity index (χ3n) is 4.96. The fourth-order valence-corrected chi connectivity index (χ4v) is 3.64. The number of likely N-dealkylation sites (tertiary alicyclic amines) is 1. The van der Waals surface area contributed by atoms with E-state index in [9.17, 15) is 24.5 Å². The number of ether oxygens (including phenoxy) is 1. The van der Waals surface area contributed by atoms with Gasteiger partial charge in [-0.15, -0.1) is 0 Å². The van der Waals surface area contributed by atoms with Crippen LogP contribution in [0.15, 0.2) is 24.3 Å². The first-order chi connectivity index (χ1) is 12.9. The highest BCUT2D eigenvalue weighted by atomic mass is 16.6. The Hall–Kier alpha value is -2.81. The van der Waals surface area contributed by atoms with Gasteiger partial charge in [-0.3, -0.25) is 29.4 Å². The van der Waals surface area contributed by atoms with Crippen molar-refractivity contribution < 1.29 is 24.0 Å². The first kappa shape index (κ1) is 19.0. The Morgan fingerprint density at radius 1 is 1.30 bits per heavy atom. The Morgan fingerprint density at radius 2 is 2.00 bits per heavy atom. The summed E-state index contributed by atoms with van der Waals surface area (Å²) in [7, 11) is 0. The summed E-state index contributed by atoms with van der Waals surface area (Å²) < 4.78 is 5.08. The average molecular weight is 375 g/mol. The van der Waals surface area contributed by atoms with E-state index in [2.05, 4.69) is 0 Å². The number of hydrogen-bond donors (Lipinski definition) is 0. The molecule has 0 aromatic heterocycles. The SMILES string of the molecule is CCOC(=O)C1CCCN(C2CC(=O)N(c3ccc([N+](=O)[O-])cc3)C2=O)C1. The van der Waals surface area contributed by atoms with Crippen molar-refractivity contribution in [3.05, 3.63) is 34.4 Å². The summed E-state index contributed by atoms with van der Waals surface area (Å²) in [4.78, 5) is 50.5. The lowest BCUT2D eigenvalue weighted by Gasteiger charge is -2.34. The van der Waals surface area contributed by atoms with Gasteiger partial charge in [-0.1, -0.05) is 0 Å². The van der Waals surface area contributed by atoms with Gasteiger partial charge in [0.15, 0.2) is 0 Å². The lowest BCUT2D eigenvalue weighted by molar-refractivity contribution is -0.384. The number of carbonyl (C=O) groups excluding carboxylic acids is 3. The second kappa shape index (κ2) is 7.83. The number of nitro groups is 1. The molecule has 2 aliphatic heterocycles. The monoisotopic (exact) mass is 375 g/mol. The number of rotatable bonds is 5. The predicted octanol–water partition coefficient (Wildman–Crippen LogP) is 1.50. The van der Waals surface area contributed by atoms with E-state index in [1.54, 1.807) is 6.92 Å². The van der Waals surface area contributed by atoms with Crippen molar-refractivity contribution in [1.29, 1.82) is 0 Å². The van der Waals surface area contributed by atoms with Crippen LogP contribution in [-0.2, 0) is 19.1 Å². The predicted molar refractivity (Wildman–Crippen MR) is 94.9 cm³/mol. The lowest BCUT2D eigenvalue weighted by Crippen LogP contribution is -2.48. The highest BCUT2D eigenvalue weighted by Crippen LogP contribution is 2.30. The molecule has 3 rings (SSSR count). The van der Waals surface area contributed by atoms with E-state index in [0.29, 0.717) is 31.8 Å². The molecule has 2 amide bonds. The van der Waals surface area contributed by atoms with Gasteiger partial charge in [-0.2, -0.15) is 0 Å². The van der Waals surface area contributed by atoms with Crippen molar-refractivity contribution in [2.75, 3.05) is 24.6 Å². The molecule has 2 saturated heterocycles. The number of benzene rings is 1. The van der Waals surface area contributed by atoms with Crippen LogP contribution in [0.4, 0.5) is 11.4 Å². The number of piperidine rings is 1. The number of imide groups is 1. The van der Waals surface area contributed by atoms with Gasteiger partial charge in [-0.25, -0.2) is 4.90 Å². The highest BCUT2D eigenvalue weighted by molar-refractivity contribution is 6.22. The molecule has 0 bridgehead atoms. The van der Waals surface area contributed by atoms with Crippen molar-refractivity contribution in [2.24, 2.45) is 5.92 Å². The molecule has 0 saturated carbocycles. The molecule has 9 heteroatoms. The van der Waals surface area contributed by atoms with Crippen LogP contribution in [0.25, 0.3) is 0 Å². The number of anilines is 1. The molecule has 1 aromatic rings. The van der Waals surface area contributed by atoms with Gasteiger partial charge in [0.2, 0.25) is 5.91 Å². The Morgan fingerprint density at radius 3 is 2.63 bits per heavy atom. The van der Waals surface area contributed by atoms with Crippen LogP contribution < -0.4 is 4.90 Å². The van der Waals surface area contributed by atoms with Crippen LogP contribution in [0, 0.1) is 16.0 Å². The van der Waals surface area contributed by atoms with E-state index in [4.69, 9.17) is 4.74 Å². The second-order valence-corrected chi connectivity index (χ2v) is 6.65.